The Bertz CT molecular complexity index is 865. The normalized spacial score (nSPS) is 10.5. The first-order valence-electron chi connectivity index (χ1n) is 7.26. The number of anilines is 2. The van der Waals surface area contributed by atoms with E-state index >= 15 is 0 Å². The van der Waals surface area contributed by atoms with Gasteiger partial charge in [0.25, 0.3) is 0 Å². The molecule has 0 fully saturated rings. The van der Waals surface area contributed by atoms with Crippen molar-refractivity contribution in [1.82, 2.24) is 4.98 Å². The van der Waals surface area contributed by atoms with Crippen LogP contribution in [-0.2, 0) is 4.74 Å². The number of aromatic nitrogens is 1. The Morgan fingerprint density at radius 1 is 1.22 bits per heavy atom. The highest BCUT2D eigenvalue weighted by Crippen LogP contribution is 2.30. The Hall–Kier alpha value is -2.59. The summed E-state index contributed by atoms with van der Waals surface area (Å²) in [6, 6.07) is 14.9. The smallest absolute Gasteiger partial charge is 0.341 e. The molecule has 3 rings (SSSR count). The van der Waals surface area contributed by atoms with Crippen LogP contribution in [0, 0.1) is 0 Å². The van der Waals surface area contributed by atoms with Gasteiger partial charge in [-0.05, 0) is 31.2 Å². The van der Waals surface area contributed by atoms with Gasteiger partial charge in [-0.1, -0.05) is 35.9 Å². The maximum atomic E-state index is 12.2. The summed E-state index contributed by atoms with van der Waals surface area (Å²) in [5.41, 5.74) is 2.64. The van der Waals surface area contributed by atoms with Crippen LogP contribution in [0.1, 0.15) is 17.3 Å². The molecule has 5 heteroatoms. The number of hydrogen-bond acceptors (Lipinski definition) is 4. The molecule has 0 spiro atoms. The van der Waals surface area contributed by atoms with Crippen LogP contribution in [0.3, 0.4) is 0 Å². The third kappa shape index (κ3) is 3.27. The Morgan fingerprint density at radius 2 is 2.04 bits per heavy atom. The highest BCUT2D eigenvalue weighted by atomic mass is 35.5. The number of carbonyl (C=O) groups excluding carboxylic acids is 1. The van der Waals surface area contributed by atoms with Gasteiger partial charge in [-0.2, -0.15) is 0 Å². The minimum Gasteiger partial charge on any atom is -0.462 e. The first-order valence-corrected chi connectivity index (χ1v) is 7.64. The van der Waals surface area contributed by atoms with Gasteiger partial charge in [-0.3, -0.25) is 4.98 Å². The maximum Gasteiger partial charge on any atom is 0.341 e. The van der Waals surface area contributed by atoms with E-state index in [4.69, 9.17) is 16.3 Å². The number of nitrogens with one attached hydrogen (secondary N) is 1. The van der Waals surface area contributed by atoms with Crippen LogP contribution in [0.4, 0.5) is 11.4 Å². The van der Waals surface area contributed by atoms with Gasteiger partial charge in [0, 0.05) is 22.3 Å². The molecule has 0 saturated heterocycles. The minimum atomic E-state index is -0.407. The van der Waals surface area contributed by atoms with Crippen LogP contribution in [0.15, 0.2) is 54.7 Å². The molecule has 4 nitrogen and oxygen atoms in total. The molecule has 116 valence electrons. The molecule has 1 heterocycles. The number of benzene rings is 2. The van der Waals surface area contributed by atoms with Crippen molar-refractivity contribution in [3.05, 3.63) is 65.3 Å². The fourth-order valence-electron chi connectivity index (χ4n) is 2.35. The molecule has 1 N–H and O–H groups in total. The molecular formula is C18H15ClN2O2. The van der Waals surface area contributed by atoms with E-state index in [0.717, 1.165) is 16.6 Å². The summed E-state index contributed by atoms with van der Waals surface area (Å²) < 4.78 is 5.13. The van der Waals surface area contributed by atoms with Crippen molar-refractivity contribution in [3.8, 4) is 0 Å². The third-order valence-electron chi connectivity index (χ3n) is 3.36. The SMILES string of the molecule is CCOC(=O)c1cnc2ccccc2c1Nc1cccc(Cl)c1. The molecule has 0 bridgehead atoms. The van der Waals surface area contributed by atoms with Crippen molar-refractivity contribution >= 4 is 39.8 Å². The number of rotatable bonds is 4. The van der Waals surface area contributed by atoms with Crippen molar-refractivity contribution in [2.75, 3.05) is 11.9 Å². The van der Waals surface area contributed by atoms with Gasteiger partial charge in [-0.25, -0.2) is 4.79 Å². The first-order chi connectivity index (χ1) is 11.2. The summed E-state index contributed by atoms with van der Waals surface area (Å²) in [6.07, 6.45) is 1.53. The molecule has 3 aromatic rings. The molecule has 0 atom stereocenters. The molecule has 0 aliphatic carbocycles. The maximum absolute atomic E-state index is 12.2. The second-order valence-corrected chi connectivity index (χ2v) is 5.36. The van der Waals surface area contributed by atoms with Gasteiger partial charge in [0.15, 0.2) is 0 Å². The molecule has 2 aromatic carbocycles. The van der Waals surface area contributed by atoms with Gasteiger partial charge < -0.3 is 10.1 Å². The predicted molar refractivity (Wildman–Crippen MR) is 92.4 cm³/mol. The molecule has 0 aliphatic heterocycles. The van der Waals surface area contributed by atoms with E-state index < -0.39 is 5.97 Å². The van der Waals surface area contributed by atoms with E-state index in [-0.39, 0.29) is 0 Å². The van der Waals surface area contributed by atoms with E-state index in [1.807, 2.05) is 36.4 Å². The number of nitrogens with zero attached hydrogens (tertiary/aromatic N) is 1. The van der Waals surface area contributed by atoms with Crippen LogP contribution in [0.2, 0.25) is 5.02 Å². The molecule has 0 aliphatic rings. The van der Waals surface area contributed by atoms with Crippen molar-refractivity contribution in [2.24, 2.45) is 0 Å². The lowest BCUT2D eigenvalue weighted by Gasteiger charge is -2.14. The molecule has 0 unspecified atom stereocenters. The Labute approximate surface area is 139 Å². The van der Waals surface area contributed by atoms with Crippen LogP contribution < -0.4 is 5.32 Å². The number of esters is 1. The molecule has 1 aromatic heterocycles. The minimum absolute atomic E-state index is 0.308. The number of para-hydroxylation sites is 1. The summed E-state index contributed by atoms with van der Waals surface area (Å²) in [7, 11) is 0. The number of fused-ring (bicyclic) bond motifs is 1. The zero-order chi connectivity index (χ0) is 16.2. The fourth-order valence-corrected chi connectivity index (χ4v) is 2.54. The molecule has 0 saturated carbocycles. The number of carbonyl (C=O) groups is 1. The summed E-state index contributed by atoms with van der Waals surface area (Å²) in [5, 5.41) is 4.73. The molecule has 0 amide bonds. The second kappa shape index (κ2) is 6.67. The van der Waals surface area contributed by atoms with Crippen LogP contribution in [0.5, 0.6) is 0 Å². The van der Waals surface area contributed by atoms with E-state index in [1.54, 1.807) is 19.1 Å². The van der Waals surface area contributed by atoms with E-state index in [9.17, 15) is 4.79 Å². The van der Waals surface area contributed by atoms with Crippen LogP contribution >= 0.6 is 11.6 Å². The average molecular weight is 327 g/mol. The lowest BCUT2D eigenvalue weighted by molar-refractivity contribution is 0.0527. The Balaban J connectivity index is 2.14. The first kappa shape index (κ1) is 15.3. The van der Waals surface area contributed by atoms with Crippen LogP contribution in [-0.4, -0.2) is 17.6 Å². The quantitative estimate of drug-likeness (QED) is 0.699. The fraction of sp³-hybridized carbons (Fsp3) is 0.111. The van der Waals surface area contributed by atoms with E-state index in [1.165, 1.54) is 6.20 Å². The van der Waals surface area contributed by atoms with Gasteiger partial charge in [0.2, 0.25) is 0 Å². The van der Waals surface area contributed by atoms with Gasteiger partial charge in [0.1, 0.15) is 5.56 Å². The summed E-state index contributed by atoms with van der Waals surface area (Å²) in [4.78, 5) is 16.6. The largest absolute Gasteiger partial charge is 0.462 e. The second-order valence-electron chi connectivity index (χ2n) is 4.92. The third-order valence-corrected chi connectivity index (χ3v) is 3.60. The van der Waals surface area contributed by atoms with E-state index in [0.29, 0.717) is 22.9 Å². The lowest BCUT2D eigenvalue weighted by Crippen LogP contribution is -2.09. The van der Waals surface area contributed by atoms with Crippen molar-refractivity contribution < 1.29 is 9.53 Å². The highest BCUT2D eigenvalue weighted by Gasteiger charge is 2.16. The Morgan fingerprint density at radius 3 is 2.83 bits per heavy atom. The van der Waals surface area contributed by atoms with Gasteiger partial charge in [-0.15, -0.1) is 0 Å². The summed E-state index contributed by atoms with van der Waals surface area (Å²) in [5.74, 6) is -0.407. The summed E-state index contributed by atoms with van der Waals surface area (Å²) in [6.45, 7) is 2.08. The van der Waals surface area contributed by atoms with Crippen LogP contribution in [0.25, 0.3) is 10.9 Å². The zero-order valence-corrected chi connectivity index (χ0v) is 13.3. The van der Waals surface area contributed by atoms with E-state index in [2.05, 4.69) is 10.3 Å². The zero-order valence-electron chi connectivity index (χ0n) is 12.5. The average Bonchev–Trinajstić information content (AvgIpc) is 2.55. The Kier molecular flexibility index (Phi) is 4.44. The van der Waals surface area contributed by atoms with Gasteiger partial charge in [0.05, 0.1) is 17.8 Å². The number of ether oxygens (including phenoxy) is 1. The summed E-state index contributed by atoms with van der Waals surface area (Å²) >= 11 is 6.04. The predicted octanol–water partition coefficient (Wildman–Crippen LogP) is 4.81. The number of halogens is 1. The highest BCUT2D eigenvalue weighted by molar-refractivity contribution is 6.30. The number of pyridine rings is 1. The monoisotopic (exact) mass is 326 g/mol. The van der Waals surface area contributed by atoms with Crippen molar-refractivity contribution in [3.63, 3.8) is 0 Å². The standard InChI is InChI=1S/C18H15ClN2O2/c1-2-23-18(22)15-11-20-16-9-4-3-8-14(16)17(15)21-13-7-5-6-12(19)10-13/h3-11H,2H2,1H3,(H,20,21). The van der Waals surface area contributed by atoms with Crippen molar-refractivity contribution in [2.45, 2.75) is 6.92 Å². The number of hydrogen-bond donors (Lipinski definition) is 1. The molecule has 23 heavy (non-hydrogen) atoms. The molecular weight excluding hydrogens is 312 g/mol. The molecule has 0 radical (unpaired) electrons. The lowest BCUT2D eigenvalue weighted by atomic mass is 10.1. The topological polar surface area (TPSA) is 51.2 Å². The van der Waals surface area contributed by atoms with Crippen molar-refractivity contribution in [1.29, 1.82) is 0 Å². The van der Waals surface area contributed by atoms with Gasteiger partial charge >= 0.3 is 5.97 Å².